The number of rotatable bonds is 7. The number of nitrogens with one attached hydrogen (secondary N) is 1. The van der Waals surface area contributed by atoms with E-state index in [1.807, 2.05) is 13.8 Å². The van der Waals surface area contributed by atoms with Crippen LogP contribution < -0.4 is 5.32 Å². The fraction of sp³-hybridized carbons (Fsp3) is 0.833. The fourth-order valence-corrected chi connectivity index (χ4v) is 1.69. The normalized spacial score (nSPS) is 14.1. The van der Waals surface area contributed by atoms with Gasteiger partial charge in [0.2, 0.25) is 5.89 Å². The molecule has 1 aromatic rings. The van der Waals surface area contributed by atoms with Gasteiger partial charge < -0.3 is 9.84 Å². The Bertz CT molecular complexity index is 377. The highest BCUT2D eigenvalue weighted by Gasteiger charge is 2.30. The Kier molecular flexibility index (Phi) is 5.78. The topological polar surface area (TPSA) is 51.0 Å². The molecule has 0 aliphatic rings. The van der Waals surface area contributed by atoms with Crippen LogP contribution in [0.3, 0.4) is 0 Å². The van der Waals surface area contributed by atoms with E-state index in [9.17, 15) is 13.2 Å². The molecule has 0 aliphatic heterocycles. The first-order valence-corrected chi connectivity index (χ1v) is 6.43. The van der Waals surface area contributed by atoms with Gasteiger partial charge in [-0.1, -0.05) is 25.9 Å². The Hall–Kier alpha value is -1.11. The molecular formula is C12H20F3N3O. The predicted octanol–water partition coefficient (Wildman–Crippen LogP) is 2.74. The highest BCUT2D eigenvalue weighted by atomic mass is 19.4. The van der Waals surface area contributed by atoms with Crippen LogP contribution in [0.1, 0.15) is 38.9 Å². The van der Waals surface area contributed by atoms with Crippen LogP contribution in [0.5, 0.6) is 0 Å². The molecule has 7 heteroatoms. The zero-order valence-electron chi connectivity index (χ0n) is 11.4. The van der Waals surface area contributed by atoms with Gasteiger partial charge in [0.15, 0.2) is 5.82 Å². The van der Waals surface area contributed by atoms with E-state index < -0.39 is 12.6 Å². The van der Waals surface area contributed by atoms with Crippen LogP contribution in [0, 0.1) is 5.92 Å². The Morgan fingerprint density at radius 1 is 1.32 bits per heavy atom. The minimum Gasteiger partial charge on any atom is -0.339 e. The summed E-state index contributed by atoms with van der Waals surface area (Å²) >= 11 is 0. The van der Waals surface area contributed by atoms with Crippen LogP contribution in [-0.4, -0.2) is 28.9 Å². The van der Waals surface area contributed by atoms with Gasteiger partial charge in [-0.2, -0.15) is 18.2 Å². The smallest absolute Gasteiger partial charge is 0.339 e. The quantitative estimate of drug-likeness (QED) is 0.833. The third-order valence-corrected chi connectivity index (χ3v) is 2.72. The molecule has 1 N–H and O–H groups in total. The SMILES string of the molecule is CCCNC(Cc1nc(CC(F)(F)F)no1)C(C)C. The molecule has 0 aliphatic carbocycles. The monoisotopic (exact) mass is 279 g/mol. The van der Waals surface area contributed by atoms with Crippen LogP contribution in [0.4, 0.5) is 13.2 Å². The number of aromatic nitrogens is 2. The van der Waals surface area contributed by atoms with Crippen molar-refractivity contribution in [2.75, 3.05) is 6.54 Å². The summed E-state index contributed by atoms with van der Waals surface area (Å²) in [5.74, 6) is 0.284. The van der Waals surface area contributed by atoms with Gasteiger partial charge >= 0.3 is 6.18 Å². The van der Waals surface area contributed by atoms with Gasteiger partial charge in [-0.3, -0.25) is 0 Å². The molecule has 0 saturated carbocycles. The van der Waals surface area contributed by atoms with Crippen molar-refractivity contribution in [2.24, 2.45) is 5.92 Å². The molecule has 1 aromatic heterocycles. The molecular weight excluding hydrogens is 259 g/mol. The number of alkyl halides is 3. The lowest BCUT2D eigenvalue weighted by molar-refractivity contribution is -0.128. The molecule has 0 saturated heterocycles. The highest BCUT2D eigenvalue weighted by Crippen LogP contribution is 2.20. The van der Waals surface area contributed by atoms with Gasteiger partial charge in [0.1, 0.15) is 6.42 Å². The van der Waals surface area contributed by atoms with E-state index in [0.29, 0.717) is 12.3 Å². The molecule has 1 unspecified atom stereocenters. The second kappa shape index (κ2) is 6.88. The average Bonchev–Trinajstić information content (AvgIpc) is 2.68. The van der Waals surface area contributed by atoms with E-state index in [2.05, 4.69) is 22.4 Å². The molecule has 1 heterocycles. The van der Waals surface area contributed by atoms with Crippen molar-refractivity contribution >= 4 is 0 Å². The summed E-state index contributed by atoms with van der Waals surface area (Å²) < 4.78 is 41.4. The van der Waals surface area contributed by atoms with Gasteiger partial charge in [-0.25, -0.2) is 0 Å². The minimum absolute atomic E-state index is 0.124. The summed E-state index contributed by atoms with van der Waals surface area (Å²) in [6.45, 7) is 6.99. The van der Waals surface area contributed by atoms with Crippen LogP contribution in [0.15, 0.2) is 4.52 Å². The molecule has 1 atom stereocenters. The van der Waals surface area contributed by atoms with Crippen molar-refractivity contribution in [1.82, 2.24) is 15.5 Å². The molecule has 0 spiro atoms. The van der Waals surface area contributed by atoms with Gasteiger partial charge in [0, 0.05) is 12.5 Å². The first kappa shape index (κ1) is 15.9. The number of hydrogen-bond acceptors (Lipinski definition) is 4. The van der Waals surface area contributed by atoms with Gasteiger partial charge in [-0.05, 0) is 18.9 Å². The lowest BCUT2D eigenvalue weighted by Crippen LogP contribution is -2.36. The van der Waals surface area contributed by atoms with Gasteiger partial charge in [0.25, 0.3) is 0 Å². The van der Waals surface area contributed by atoms with E-state index in [4.69, 9.17) is 4.52 Å². The Morgan fingerprint density at radius 2 is 2.00 bits per heavy atom. The predicted molar refractivity (Wildman–Crippen MR) is 64.7 cm³/mol. The fourth-order valence-electron chi connectivity index (χ4n) is 1.69. The third-order valence-electron chi connectivity index (χ3n) is 2.72. The number of halogens is 3. The Balaban J connectivity index is 2.60. The minimum atomic E-state index is -4.31. The molecule has 1 rings (SSSR count). The summed E-state index contributed by atoms with van der Waals surface area (Å²) in [6, 6.07) is 0.124. The average molecular weight is 279 g/mol. The van der Waals surface area contributed by atoms with Crippen molar-refractivity contribution in [1.29, 1.82) is 0 Å². The first-order chi connectivity index (χ1) is 8.81. The molecule has 110 valence electrons. The maximum Gasteiger partial charge on any atom is 0.396 e. The summed E-state index contributed by atoms with van der Waals surface area (Å²) in [4.78, 5) is 3.79. The van der Waals surface area contributed by atoms with E-state index in [0.717, 1.165) is 13.0 Å². The standard InChI is InChI=1S/C12H20F3N3O/c1-4-5-16-9(8(2)3)6-11-17-10(18-19-11)7-12(13,14)15/h8-9,16H,4-7H2,1-3H3. The Morgan fingerprint density at radius 3 is 2.53 bits per heavy atom. The van der Waals surface area contributed by atoms with Crippen molar-refractivity contribution < 1.29 is 17.7 Å². The second-order valence-corrected chi connectivity index (χ2v) is 4.91. The van der Waals surface area contributed by atoms with E-state index in [1.165, 1.54) is 0 Å². The molecule has 0 fully saturated rings. The molecule has 0 aromatic carbocycles. The van der Waals surface area contributed by atoms with E-state index >= 15 is 0 Å². The van der Waals surface area contributed by atoms with Crippen LogP contribution in [-0.2, 0) is 12.8 Å². The van der Waals surface area contributed by atoms with Crippen molar-refractivity contribution in [3.63, 3.8) is 0 Å². The molecule has 4 nitrogen and oxygen atoms in total. The lowest BCUT2D eigenvalue weighted by atomic mass is 10.0. The van der Waals surface area contributed by atoms with E-state index in [1.54, 1.807) is 0 Å². The van der Waals surface area contributed by atoms with Crippen molar-refractivity contribution in [3.05, 3.63) is 11.7 Å². The maximum atomic E-state index is 12.2. The lowest BCUT2D eigenvalue weighted by Gasteiger charge is -2.20. The first-order valence-electron chi connectivity index (χ1n) is 6.43. The Labute approximate surface area is 110 Å². The van der Waals surface area contributed by atoms with E-state index in [-0.39, 0.29) is 17.8 Å². The van der Waals surface area contributed by atoms with Crippen LogP contribution >= 0.6 is 0 Å². The maximum absolute atomic E-state index is 12.2. The summed E-state index contributed by atoms with van der Waals surface area (Å²) in [5, 5.41) is 6.69. The highest BCUT2D eigenvalue weighted by molar-refractivity contribution is 4.92. The van der Waals surface area contributed by atoms with Crippen LogP contribution in [0.25, 0.3) is 0 Å². The van der Waals surface area contributed by atoms with Gasteiger partial charge in [-0.15, -0.1) is 0 Å². The van der Waals surface area contributed by atoms with Crippen molar-refractivity contribution in [3.8, 4) is 0 Å². The summed E-state index contributed by atoms with van der Waals surface area (Å²) in [6.07, 6.45) is -4.01. The zero-order chi connectivity index (χ0) is 14.5. The second-order valence-electron chi connectivity index (χ2n) is 4.91. The molecule has 0 radical (unpaired) electrons. The van der Waals surface area contributed by atoms with Gasteiger partial charge in [0.05, 0.1) is 0 Å². The molecule has 19 heavy (non-hydrogen) atoms. The number of hydrogen-bond donors (Lipinski definition) is 1. The number of nitrogens with zero attached hydrogens (tertiary/aromatic N) is 2. The molecule has 0 amide bonds. The summed E-state index contributed by atoms with van der Waals surface area (Å²) in [7, 11) is 0. The summed E-state index contributed by atoms with van der Waals surface area (Å²) in [5.41, 5.74) is 0. The molecule has 0 bridgehead atoms. The van der Waals surface area contributed by atoms with Crippen LogP contribution in [0.2, 0.25) is 0 Å². The zero-order valence-corrected chi connectivity index (χ0v) is 11.4. The van der Waals surface area contributed by atoms with Crippen molar-refractivity contribution in [2.45, 2.75) is 52.3 Å². The largest absolute Gasteiger partial charge is 0.396 e. The third kappa shape index (κ3) is 6.04.